The molecule has 3 rings (SSSR count). The molecule has 1 saturated heterocycles. The van der Waals surface area contributed by atoms with E-state index >= 15 is 0 Å². The number of carbonyl (C=O) groups excluding carboxylic acids is 1. The van der Waals surface area contributed by atoms with E-state index in [-0.39, 0.29) is 18.4 Å². The summed E-state index contributed by atoms with van der Waals surface area (Å²) in [6, 6.07) is 7.88. The van der Waals surface area contributed by atoms with Crippen molar-refractivity contribution in [3.63, 3.8) is 0 Å². The lowest BCUT2D eigenvalue weighted by Crippen LogP contribution is -2.39. The highest BCUT2D eigenvalue weighted by Gasteiger charge is 2.30. The van der Waals surface area contributed by atoms with Gasteiger partial charge < -0.3 is 15.2 Å². The number of thiazole rings is 1. The largest absolute Gasteiger partial charge is 0.481 e. The molecular weight excluding hydrogens is 352 g/mol. The monoisotopic (exact) mass is 374 g/mol. The van der Waals surface area contributed by atoms with Gasteiger partial charge in [-0.2, -0.15) is 0 Å². The van der Waals surface area contributed by atoms with Gasteiger partial charge in [-0.05, 0) is 31.2 Å². The van der Waals surface area contributed by atoms with E-state index in [4.69, 9.17) is 4.74 Å². The Morgan fingerprint density at radius 1 is 1.35 bits per heavy atom. The number of hydrogen-bond donors (Lipinski definition) is 2. The zero-order chi connectivity index (χ0) is 18.5. The number of carboxylic acid groups (broad SMARTS) is 1. The van der Waals surface area contributed by atoms with Gasteiger partial charge in [0.1, 0.15) is 10.7 Å². The second kappa shape index (κ2) is 8.42. The topological polar surface area (TPSA) is 88.5 Å². The number of benzene rings is 1. The molecule has 1 unspecified atom stereocenters. The first-order valence-corrected chi connectivity index (χ1v) is 9.54. The molecule has 1 aromatic heterocycles. The Morgan fingerprint density at radius 2 is 2.08 bits per heavy atom. The maximum atomic E-state index is 12.4. The highest BCUT2D eigenvalue weighted by Crippen LogP contribution is 2.27. The van der Waals surface area contributed by atoms with Crippen molar-refractivity contribution in [2.45, 2.75) is 19.8 Å². The minimum absolute atomic E-state index is 0.0273. The number of hydrogen-bond acceptors (Lipinski definition) is 5. The number of nitrogens with zero attached hydrogens (tertiary/aromatic N) is 1. The van der Waals surface area contributed by atoms with Gasteiger partial charge in [0, 0.05) is 30.7 Å². The number of rotatable bonds is 6. The molecule has 6 nitrogen and oxygen atoms in total. The van der Waals surface area contributed by atoms with Gasteiger partial charge in [-0.3, -0.25) is 9.59 Å². The fourth-order valence-corrected chi connectivity index (χ4v) is 4.07. The number of amides is 1. The zero-order valence-corrected chi connectivity index (χ0v) is 15.4. The summed E-state index contributed by atoms with van der Waals surface area (Å²) < 4.78 is 5.29. The average molecular weight is 374 g/mol. The highest BCUT2D eigenvalue weighted by atomic mass is 32.1. The molecule has 0 spiro atoms. The second-order valence-corrected chi connectivity index (χ2v) is 7.32. The Morgan fingerprint density at radius 3 is 2.77 bits per heavy atom. The van der Waals surface area contributed by atoms with E-state index in [2.05, 4.69) is 10.3 Å². The van der Waals surface area contributed by atoms with Gasteiger partial charge in [0.15, 0.2) is 0 Å². The van der Waals surface area contributed by atoms with Crippen molar-refractivity contribution in [1.82, 2.24) is 10.3 Å². The lowest BCUT2D eigenvalue weighted by atomic mass is 9.86. The summed E-state index contributed by atoms with van der Waals surface area (Å²) in [7, 11) is 0. The first kappa shape index (κ1) is 18.5. The van der Waals surface area contributed by atoms with Crippen LogP contribution in [0.1, 0.15) is 28.9 Å². The van der Waals surface area contributed by atoms with E-state index in [1.807, 2.05) is 31.2 Å². The third-order valence-electron chi connectivity index (χ3n) is 4.75. The molecule has 26 heavy (non-hydrogen) atoms. The van der Waals surface area contributed by atoms with Gasteiger partial charge in [-0.25, -0.2) is 4.98 Å². The molecule has 2 N–H and O–H groups in total. The molecule has 0 aliphatic carbocycles. The van der Waals surface area contributed by atoms with Crippen LogP contribution in [0.15, 0.2) is 29.6 Å². The molecule has 0 bridgehead atoms. The number of carboxylic acids is 1. The Balaban J connectivity index is 1.64. The van der Waals surface area contributed by atoms with Gasteiger partial charge in [0.05, 0.1) is 5.92 Å². The van der Waals surface area contributed by atoms with Crippen molar-refractivity contribution in [2.75, 3.05) is 19.8 Å². The highest BCUT2D eigenvalue weighted by molar-refractivity contribution is 7.13. The van der Waals surface area contributed by atoms with Crippen LogP contribution in [0, 0.1) is 18.8 Å². The van der Waals surface area contributed by atoms with Crippen LogP contribution in [0.5, 0.6) is 0 Å². The van der Waals surface area contributed by atoms with E-state index in [0.717, 1.165) is 16.1 Å². The van der Waals surface area contributed by atoms with E-state index in [9.17, 15) is 14.7 Å². The summed E-state index contributed by atoms with van der Waals surface area (Å²) in [6.45, 7) is 3.26. The molecule has 1 aliphatic rings. The van der Waals surface area contributed by atoms with Crippen LogP contribution in [0.2, 0.25) is 0 Å². The molecule has 1 amide bonds. The van der Waals surface area contributed by atoms with Crippen molar-refractivity contribution in [2.24, 2.45) is 11.8 Å². The van der Waals surface area contributed by atoms with E-state index in [1.54, 1.807) is 5.38 Å². The minimum Gasteiger partial charge on any atom is -0.481 e. The Bertz CT molecular complexity index is 783. The predicted octanol–water partition coefficient (Wildman–Crippen LogP) is 2.98. The molecule has 2 heterocycles. The molecule has 2 aromatic rings. The smallest absolute Gasteiger partial charge is 0.308 e. The van der Waals surface area contributed by atoms with E-state index in [1.165, 1.54) is 11.3 Å². The first-order chi connectivity index (χ1) is 12.6. The fourth-order valence-electron chi connectivity index (χ4n) is 3.18. The number of carbonyl (C=O) groups is 2. The van der Waals surface area contributed by atoms with Crippen molar-refractivity contribution in [3.8, 4) is 10.6 Å². The maximum Gasteiger partial charge on any atom is 0.308 e. The molecule has 7 heteroatoms. The van der Waals surface area contributed by atoms with Crippen molar-refractivity contribution < 1.29 is 19.4 Å². The number of aryl methyl sites for hydroxylation is 1. The second-order valence-electron chi connectivity index (χ2n) is 6.46. The van der Waals surface area contributed by atoms with Gasteiger partial charge >= 0.3 is 5.97 Å². The Labute approximate surface area is 156 Å². The summed E-state index contributed by atoms with van der Waals surface area (Å²) in [5.41, 5.74) is 2.42. The molecule has 0 saturated carbocycles. The minimum atomic E-state index is -0.879. The third kappa shape index (κ3) is 4.28. The van der Waals surface area contributed by atoms with E-state index in [0.29, 0.717) is 31.7 Å². The van der Waals surface area contributed by atoms with Crippen LogP contribution >= 0.6 is 11.3 Å². The van der Waals surface area contributed by atoms with E-state index < -0.39 is 11.9 Å². The van der Waals surface area contributed by atoms with Crippen LogP contribution in [-0.4, -0.2) is 41.7 Å². The molecular formula is C19H22N2O4S. The van der Waals surface area contributed by atoms with Crippen LogP contribution in [0.3, 0.4) is 0 Å². The molecule has 0 radical (unpaired) electrons. The molecule has 1 atom stereocenters. The quantitative estimate of drug-likeness (QED) is 0.811. The van der Waals surface area contributed by atoms with Gasteiger partial charge in [-0.15, -0.1) is 11.3 Å². The van der Waals surface area contributed by atoms with Crippen LogP contribution in [0.25, 0.3) is 10.6 Å². The average Bonchev–Trinajstić information content (AvgIpc) is 3.13. The first-order valence-electron chi connectivity index (χ1n) is 8.66. The maximum absolute atomic E-state index is 12.4. The SMILES string of the molecule is Cc1ccccc1-c1nc(C(=O)NCC(C(=O)O)C2CCOCC2)cs1. The van der Waals surface area contributed by atoms with Crippen LogP contribution in [-0.2, 0) is 9.53 Å². The lowest BCUT2D eigenvalue weighted by molar-refractivity contribution is -0.144. The van der Waals surface area contributed by atoms with Gasteiger partial charge in [0.2, 0.25) is 0 Å². The zero-order valence-electron chi connectivity index (χ0n) is 14.6. The summed E-state index contributed by atoms with van der Waals surface area (Å²) in [4.78, 5) is 28.4. The third-order valence-corrected chi connectivity index (χ3v) is 5.62. The summed E-state index contributed by atoms with van der Waals surface area (Å²) in [5, 5.41) is 14.7. The molecule has 138 valence electrons. The van der Waals surface area contributed by atoms with Crippen LogP contribution in [0.4, 0.5) is 0 Å². The van der Waals surface area contributed by atoms with Gasteiger partial charge in [0.25, 0.3) is 5.91 Å². The van der Waals surface area contributed by atoms with Crippen molar-refractivity contribution >= 4 is 23.2 Å². The standard InChI is InChI=1S/C19H22N2O4S/c1-12-4-2-3-5-14(12)18-21-16(11-26-18)17(22)20-10-15(19(23)24)13-6-8-25-9-7-13/h2-5,11,13,15H,6-10H2,1H3,(H,20,22)(H,23,24). The normalized spacial score (nSPS) is 16.2. The summed E-state index contributed by atoms with van der Waals surface area (Å²) in [6.07, 6.45) is 1.42. The predicted molar refractivity (Wildman–Crippen MR) is 99.3 cm³/mol. The fraction of sp³-hybridized carbons (Fsp3) is 0.421. The van der Waals surface area contributed by atoms with Crippen LogP contribution < -0.4 is 5.32 Å². The number of nitrogens with one attached hydrogen (secondary N) is 1. The summed E-state index contributed by atoms with van der Waals surface area (Å²) >= 11 is 1.41. The summed E-state index contributed by atoms with van der Waals surface area (Å²) in [5.74, 6) is -1.78. The number of ether oxygens (including phenoxy) is 1. The Hall–Kier alpha value is -2.25. The number of aromatic nitrogens is 1. The molecule has 1 aromatic carbocycles. The van der Waals surface area contributed by atoms with Gasteiger partial charge in [-0.1, -0.05) is 24.3 Å². The van der Waals surface area contributed by atoms with Crippen molar-refractivity contribution in [3.05, 3.63) is 40.9 Å². The molecule has 1 aliphatic heterocycles. The Kier molecular flexibility index (Phi) is 6.00. The lowest BCUT2D eigenvalue weighted by Gasteiger charge is -2.27. The van der Waals surface area contributed by atoms with Crippen molar-refractivity contribution in [1.29, 1.82) is 0 Å². The number of aliphatic carboxylic acids is 1. The molecule has 1 fully saturated rings.